The van der Waals surface area contributed by atoms with E-state index in [0.29, 0.717) is 18.5 Å². The second-order valence-electron chi connectivity index (χ2n) is 6.02. The predicted molar refractivity (Wildman–Crippen MR) is 84.7 cm³/mol. The second-order valence-corrected chi connectivity index (χ2v) is 6.02. The molecule has 2 aliphatic rings. The number of hydrogen-bond donors (Lipinski definition) is 2. The molecule has 3 rings (SSSR count). The third-order valence-corrected chi connectivity index (χ3v) is 4.47. The number of likely N-dealkylation sites (tertiary alicyclic amines) is 1. The quantitative estimate of drug-likeness (QED) is 0.804. The molecule has 1 aromatic rings. The molecular weight excluding hydrogens is 294 g/mol. The zero-order valence-corrected chi connectivity index (χ0v) is 13.0. The van der Waals surface area contributed by atoms with Gasteiger partial charge in [-0.2, -0.15) is 0 Å². The summed E-state index contributed by atoms with van der Waals surface area (Å²) in [6.45, 7) is 1.42. The molecule has 0 radical (unpaired) electrons. The monoisotopic (exact) mass is 315 g/mol. The maximum Gasteiger partial charge on any atom is 0.257 e. The SMILES string of the molecule is O=C(NC(=O)[C@@H]1CCCN1C(=O)[C@@H]1CCCN1)c1ccccc1. The molecule has 0 bridgehead atoms. The van der Waals surface area contributed by atoms with Gasteiger partial charge in [0.25, 0.3) is 5.91 Å². The fourth-order valence-electron chi connectivity index (χ4n) is 3.26. The van der Waals surface area contributed by atoms with Gasteiger partial charge < -0.3 is 10.2 Å². The van der Waals surface area contributed by atoms with Crippen molar-refractivity contribution in [2.75, 3.05) is 13.1 Å². The largest absolute Gasteiger partial charge is 0.329 e. The Morgan fingerprint density at radius 3 is 2.57 bits per heavy atom. The van der Waals surface area contributed by atoms with Crippen LogP contribution in [-0.4, -0.2) is 47.8 Å². The van der Waals surface area contributed by atoms with Crippen LogP contribution in [0.5, 0.6) is 0 Å². The van der Waals surface area contributed by atoms with E-state index in [1.807, 2.05) is 6.07 Å². The van der Waals surface area contributed by atoms with Gasteiger partial charge in [-0.3, -0.25) is 19.7 Å². The summed E-state index contributed by atoms with van der Waals surface area (Å²) in [5, 5.41) is 5.59. The lowest BCUT2D eigenvalue weighted by Crippen LogP contribution is -2.51. The van der Waals surface area contributed by atoms with Crippen LogP contribution in [-0.2, 0) is 9.59 Å². The molecule has 2 saturated heterocycles. The van der Waals surface area contributed by atoms with Gasteiger partial charge in [-0.05, 0) is 44.4 Å². The van der Waals surface area contributed by atoms with Crippen molar-refractivity contribution in [3.8, 4) is 0 Å². The van der Waals surface area contributed by atoms with Crippen molar-refractivity contribution in [3.63, 3.8) is 0 Å². The van der Waals surface area contributed by atoms with Crippen molar-refractivity contribution in [2.45, 2.75) is 37.8 Å². The van der Waals surface area contributed by atoms with Gasteiger partial charge in [0, 0.05) is 12.1 Å². The van der Waals surface area contributed by atoms with Crippen molar-refractivity contribution >= 4 is 17.7 Å². The summed E-state index contributed by atoms with van der Waals surface area (Å²) >= 11 is 0. The van der Waals surface area contributed by atoms with Crippen molar-refractivity contribution in [2.24, 2.45) is 0 Å². The summed E-state index contributed by atoms with van der Waals surface area (Å²) in [6, 6.07) is 7.88. The van der Waals surface area contributed by atoms with E-state index in [-0.39, 0.29) is 17.9 Å². The Labute approximate surface area is 135 Å². The summed E-state index contributed by atoms with van der Waals surface area (Å²) < 4.78 is 0. The summed E-state index contributed by atoms with van der Waals surface area (Å²) in [5.74, 6) is -0.830. The molecule has 2 heterocycles. The van der Waals surface area contributed by atoms with Crippen LogP contribution in [0.25, 0.3) is 0 Å². The highest BCUT2D eigenvalue weighted by Gasteiger charge is 2.38. The minimum atomic E-state index is -0.544. The average Bonchev–Trinajstić information content (AvgIpc) is 3.26. The van der Waals surface area contributed by atoms with Crippen LogP contribution in [0, 0.1) is 0 Å². The van der Waals surface area contributed by atoms with E-state index in [9.17, 15) is 14.4 Å². The predicted octanol–water partition coefficient (Wildman–Crippen LogP) is 0.686. The minimum absolute atomic E-state index is 0.0210. The van der Waals surface area contributed by atoms with E-state index < -0.39 is 11.9 Å². The van der Waals surface area contributed by atoms with Gasteiger partial charge in [-0.1, -0.05) is 18.2 Å². The van der Waals surface area contributed by atoms with Crippen LogP contribution in [0.3, 0.4) is 0 Å². The van der Waals surface area contributed by atoms with Gasteiger partial charge in [0.05, 0.1) is 6.04 Å². The molecule has 0 saturated carbocycles. The van der Waals surface area contributed by atoms with Crippen LogP contribution >= 0.6 is 0 Å². The summed E-state index contributed by atoms with van der Waals surface area (Å²) in [6.07, 6.45) is 3.18. The van der Waals surface area contributed by atoms with Crippen molar-refractivity contribution in [1.82, 2.24) is 15.5 Å². The highest BCUT2D eigenvalue weighted by atomic mass is 16.2. The number of carbonyl (C=O) groups excluding carboxylic acids is 3. The molecule has 6 nitrogen and oxygen atoms in total. The molecule has 1 aromatic carbocycles. The van der Waals surface area contributed by atoms with E-state index >= 15 is 0 Å². The molecule has 23 heavy (non-hydrogen) atoms. The van der Waals surface area contributed by atoms with Crippen molar-refractivity contribution in [1.29, 1.82) is 0 Å². The lowest BCUT2D eigenvalue weighted by molar-refractivity contribution is -0.139. The molecule has 0 aliphatic carbocycles. The van der Waals surface area contributed by atoms with E-state index in [1.54, 1.807) is 29.2 Å². The number of carbonyl (C=O) groups is 3. The molecule has 122 valence electrons. The first kappa shape index (κ1) is 15.7. The molecule has 0 spiro atoms. The van der Waals surface area contributed by atoms with Gasteiger partial charge >= 0.3 is 0 Å². The third kappa shape index (κ3) is 3.42. The highest BCUT2D eigenvalue weighted by Crippen LogP contribution is 2.21. The van der Waals surface area contributed by atoms with E-state index in [1.165, 1.54) is 0 Å². The maximum atomic E-state index is 12.5. The summed E-state index contributed by atoms with van der Waals surface area (Å²) in [5.41, 5.74) is 0.439. The standard InChI is InChI=1S/C17H21N3O3/c21-15(12-6-2-1-3-7-12)19-16(22)14-9-5-11-20(14)17(23)13-8-4-10-18-13/h1-3,6-7,13-14,18H,4-5,8-11H2,(H,19,21,22)/t13-,14-/m0/s1. The number of nitrogens with one attached hydrogen (secondary N) is 2. The summed E-state index contributed by atoms with van der Waals surface area (Å²) in [7, 11) is 0. The molecule has 6 heteroatoms. The van der Waals surface area contributed by atoms with Gasteiger partial charge in [0.1, 0.15) is 6.04 Å². The van der Waals surface area contributed by atoms with E-state index in [2.05, 4.69) is 10.6 Å². The van der Waals surface area contributed by atoms with Crippen molar-refractivity contribution in [3.05, 3.63) is 35.9 Å². The van der Waals surface area contributed by atoms with Gasteiger partial charge in [-0.25, -0.2) is 0 Å². The zero-order chi connectivity index (χ0) is 16.2. The zero-order valence-electron chi connectivity index (χ0n) is 13.0. The lowest BCUT2D eigenvalue weighted by atomic mass is 10.1. The number of amides is 3. The number of hydrogen-bond acceptors (Lipinski definition) is 4. The number of rotatable bonds is 3. The molecule has 2 aliphatic heterocycles. The second kappa shape index (κ2) is 6.91. The van der Waals surface area contributed by atoms with Crippen LogP contribution in [0.1, 0.15) is 36.0 Å². The molecule has 2 fully saturated rings. The fourth-order valence-corrected chi connectivity index (χ4v) is 3.26. The Morgan fingerprint density at radius 2 is 1.87 bits per heavy atom. The molecule has 2 atom stereocenters. The number of benzene rings is 1. The fraction of sp³-hybridized carbons (Fsp3) is 0.471. The van der Waals surface area contributed by atoms with Crippen LogP contribution < -0.4 is 10.6 Å². The first-order valence-corrected chi connectivity index (χ1v) is 8.11. The Hall–Kier alpha value is -2.21. The van der Waals surface area contributed by atoms with E-state index in [4.69, 9.17) is 0 Å². The maximum absolute atomic E-state index is 12.5. The summed E-state index contributed by atoms with van der Waals surface area (Å²) in [4.78, 5) is 38.6. The molecule has 0 unspecified atom stereocenters. The lowest BCUT2D eigenvalue weighted by Gasteiger charge is -2.26. The third-order valence-electron chi connectivity index (χ3n) is 4.47. The first-order chi connectivity index (χ1) is 11.2. The van der Waals surface area contributed by atoms with Crippen LogP contribution in [0.4, 0.5) is 0 Å². The Balaban J connectivity index is 1.64. The Kier molecular flexibility index (Phi) is 4.71. The normalized spacial score (nSPS) is 23.7. The Morgan fingerprint density at radius 1 is 1.09 bits per heavy atom. The number of nitrogens with zero attached hydrogens (tertiary/aromatic N) is 1. The topological polar surface area (TPSA) is 78.5 Å². The van der Waals surface area contributed by atoms with Crippen molar-refractivity contribution < 1.29 is 14.4 Å². The van der Waals surface area contributed by atoms with Gasteiger partial charge in [0.2, 0.25) is 11.8 Å². The molecular formula is C17H21N3O3. The smallest absolute Gasteiger partial charge is 0.257 e. The van der Waals surface area contributed by atoms with E-state index in [0.717, 1.165) is 25.8 Å². The van der Waals surface area contributed by atoms with Gasteiger partial charge in [-0.15, -0.1) is 0 Å². The average molecular weight is 315 g/mol. The van der Waals surface area contributed by atoms with Crippen LogP contribution in [0.2, 0.25) is 0 Å². The minimum Gasteiger partial charge on any atom is -0.329 e. The van der Waals surface area contributed by atoms with Crippen LogP contribution in [0.15, 0.2) is 30.3 Å². The Bertz CT molecular complexity index is 596. The first-order valence-electron chi connectivity index (χ1n) is 8.11. The van der Waals surface area contributed by atoms with Gasteiger partial charge in [0.15, 0.2) is 0 Å². The highest BCUT2D eigenvalue weighted by molar-refractivity contribution is 6.06. The number of imide groups is 1. The molecule has 3 amide bonds. The molecule has 2 N–H and O–H groups in total. The molecule has 0 aromatic heterocycles.